The first-order valence-electron chi connectivity index (χ1n) is 2.66. The zero-order valence-electron chi connectivity index (χ0n) is 4.92. The van der Waals surface area contributed by atoms with Crippen LogP contribution in [0.15, 0.2) is 0 Å². The molecule has 0 rings (SSSR count). The maximum atomic E-state index is 10.1. The summed E-state index contributed by atoms with van der Waals surface area (Å²) in [6.45, 7) is 1.88. The molecule has 0 aliphatic heterocycles. The van der Waals surface area contributed by atoms with Gasteiger partial charge >= 0.3 is 0 Å². The Balaban J connectivity index is 3.32. The molecule has 0 saturated carbocycles. The largest absolute Gasteiger partial charge is 0.383 e. The second-order valence-electron chi connectivity index (χ2n) is 1.71. The Kier molecular flexibility index (Phi) is 3.19. The lowest BCUT2D eigenvalue weighted by Crippen LogP contribution is -2.27. The monoisotopic (exact) mass is 117 g/mol. The Labute approximate surface area is 48.5 Å². The number of primary amides is 1. The highest BCUT2D eigenvalue weighted by Gasteiger charge is 2.06. The van der Waals surface area contributed by atoms with Crippen LogP contribution in [0.1, 0.15) is 19.8 Å². The minimum atomic E-state index is -0.944. The molecule has 0 fully saturated rings. The minimum absolute atomic E-state index is 0.468. The van der Waals surface area contributed by atoms with Crippen LogP contribution in [0.4, 0.5) is 0 Å². The summed E-state index contributed by atoms with van der Waals surface area (Å²) in [5.41, 5.74) is 4.73. The van der Waals surface area contributed by atoms with E-state index in [0.29, 0.717) is 6.42 Å². The van der Waals surface area contributed by atoms with Crippen molar-refractivity contribution < 1.29 is 9.90 Å². The Morgan fingerprint density at radius 3 is 2.50 bits per heavy atom. The number of carbonyl (C=O) groups excluding carboxylic acids is 1. The smallest absolute Gasteiger partial charge is 0.246 e. The van der Waals surface area contributed by atoms with Crippen molar-refractivity contribution in [2.24, 2.45) is 5.73 Å². The van der Waals surface area contributed by atoms with Gasteiger partial charge in [0, 0.05) is 0 Å². The van der Waals surface area contributed by atoms with Crippen molar-refractivity contribution in [2.75, 3.05) is 0 Å². The number of hydrogen-bond acceptors (Lipinski definition) is 2. The SMILES string of the molecule is CCCC(O)C(N)=O. The second kappa shape index (κ2) is 3.43. The van der Waals surface area contributed by atoms with Crippen molar-refractivity contribution in [3.8, 4) is 0 Å². The highest BCUT2D eigenvalue weighted by molar-refractivity contribution is 5.78. The molecular weight excluding hydrogens is 106 g/mol. The second-order valence-corrected chi connectivity index (χ2v) is 1.71. The number of amides is 1. The van der Waals surface area contributed by atoms with E-state index in [1.165, 1.54) is 0 Å². The van der Waals surface area contributed by atoms with Crippen LogP contribution in [0.2, 0.25) is 0 Å². The van der Waals surface area contributed by atoms with Crippen molar-refractivity contribution in [1.29, 1.82) is 0 Å². The first-order chi connectivity index (χ1) is 3.68. The number of aliphatic hydroxyl groups is 1. The van der Waals surface area contributed by atoms with E-state index in [2.05, 4.69) is 0 Å². The van der Waals surface area contributed by atoms with Crippen LogP contribution in [0.25, 0.3) is 0 Å². The predicted octanol–water partition coefficient (Wildman–Crippen LogP) is -0.367. The Morgan fingerprint density at radius 1 is 1.88 bits per heavy atom. The molecule has 8 heavy (non-hydrogen) atoms. The third-order valence-corrected chi connectivity index (χ3v) is 0.891. The summed E-state index contributed by atoms with van der Waals surface area (Å²) in [5, 5.41) is 8.65. The van der Waals surface area contributed by atoms with Gasteiger partial charge in [0.15, 0.2) is 0 Å². The van der Waals surface area contributed by atoms with Gasteiger partial charge in [0.25, 0.3) is 0 Å². The highest BCUT2D eigenvalue weighted by Crippen LogP contribution is 1.92. The topological polar surface area (TPSA) is 63.3 Å². The molecule has 0 aromatic rings. The molecule has 1 unspecified atom stereocenters. The third kappa shape index (κ3) is 2.58. The molecule has 0 saturated heterocycles. The summed E-state index contributed by atoms with van der Waals surface area (Å²) >= 11 is 0. The van der Waals surface area contributed by atoms with Crippen molar-refractivity contribution in [3.63, 3.8) is 0 Å². The maximum absolute atomic E-state index is 10.1. The summed E-state index contributed by atoms with van der Waals surface area (Å²) < 4.78 is 0. The summed E-state index contributed by atoms with van der Waals surface area (Å²) in [4.78, 5) is 10.1. The Morgan fingerprint density at radius 2 is 2.38 bits per heavy atom. The number of aliphatic hydroxyl groups excluding tert-OH is 1. The van der Waals surface area contributed by atoms with Gasteiger partial charge in [0.05, 0.1) is 0 Å². The van der Waals surface area contributed by atoms with E-state index >= 15 is 0 Å². The maximum Gasteiger partial charge on any atom is 0.246 e. The van der Waals surface area contributed by atoms with Crippen LogP contribution in [0.3, 0.4) is 0 Å². The molecule has 3 nitrogen and oxygen atoms in total. The molecule has 1 atom stereocenters. The van der Waals surface area contributed by atoms with Crippen LogP contribution in [-0.4, -0.2) is 17.1 Å². The highest BCUT2D eigenvalue weighted by atomic mass is 16.3. The number of rotatable bonds is 3. The zero-order valence-corrected chi connectivity index (χ0v) is 4.92. The molecule has 0 radical (unpaired) electrons. The van der Waals surface area contributed by atoms with Crippen molar-refractivity contribution in [3.05, 3.63) is 0 Å². The molecule has 0 aliphatic rings. The van der Waals surface area contributed by atoms with Gasteiger partial charge in [-0.15, -0.1) is 0 Å². The standard InChI is InChI=1S/C5H11NO2/c1-2-3-4(7)5(6)8/h4,7H,2-3H2,1H3,(H2,6,8). The fourth-order valence-corrected chi connectivity index (χ4v) is 0.416. The molecule has 48 valence electrons. The van der Waals surface area contributed by atoms with Gasteiger partial charge in [0.1, 0.15) is 6.10 Å². The first-order valence-corrected chi connectivity index (χ1v) is 2.66. The molecule has 0 aromatic heterocycles. The minimum Gasteiger partial charge on any atom is -0.383 e. The average Bonchev–Trinajstić information content (AvgIpc) is 1.67. The molecule has 0 bridgehead atoms. The summed E-state index contributed by atoms with van der Waals surface area (Å²) in [6.07, 6.45) is 0.305. The molecule has 0 heterocycles. The molecule has 0 aromatic carbocycles. The van der Waals surface area contributed by atoms with Gasteiger partial charge in [-0.2, -0.15) is 0 Å². The quantitative estimate of drug-likeness (QED) is 0.530. The molecule has 0 aliphatic carbocycles. The third-order valence-electron chi connectivity index (χ3n) is 0.891. The fraction of sp³-hybridized carbons (Fsp3) is 0.800. The number of hydrogen-bond donors (Lipinski definition) is 2. The van der Waals surface area contributed by atoms with Crippen molar-refractivity contribution >= 4 is 5.91 Å². The van der Waals surface area contributed by atoms with E-state index in [9.17, 15) is 4.79 Å². The molecule has 0 spiro atoms. The summed E-state index contributed by atoms with van der Waals surface area (Å²) in [7, 11) is 0. The van der Waals surface area contributed by atoms with E-state index in [0.717, 1.165) is 6.42 Å². The van der Waals surface area contributed by atoms with Crippen molar-refractivity contribution in [2.45, 2.75) is 25.9 Å². The van der Waals surface area contributed by atoms with Gasteiger partial charge in [-0.3, -0.25) is 4.79 Å². The average molecular weight is 117 g/mol. The molecule has 1 amide bonds. The fourth-order valence-electron chi connectivity index (χ4n) is 0.416. The van der Waals surface area contributed by atoms with Crippen LogP contribution >= 0.6 is 0 Å². The first kappa shape index (κ1) is 7.43. The van der Waals surface area contributed by atoms with Gasteiger partial charge in [-0.25, -0.2) is 0 Å². The lowest BCUT2D eigenvalue weighted by atomic mass is 10.2. The molecule has 3 N–H and O–H groups in total. The molecule has 3 heteroatoms. The number of nitrogens with two attached hydrogens (primary N) is 1. The van der Waals surface area contributed by atoms with E-state index in [1.807, 2.05) is 6.92 Å². The van der Waals surface area contributed by atoms with Gasteiger partial charge in [0.2, 0.25) is 5.91 Å². The van der Waals surface area contributed by atoms with Gasteiger partial charge in [-0.05, 0) is 6.42 Å². The van der Waals surface area contributed by atoms with Crippen molar-refractivity contribution in [1.82, 2.24) is 0 Å². The Hall–Kier alpha value is -0.570. The van der Waals surface area contributed by atoms with Crippen LogP contribution < -0.4 is 5.73 Å². The Bertz CT molecular complexity index is 82.5. The van der Waals surface area contributed by atoms with E-state index < -0.39 is 12.0 Å². The van der Waals surface area contributed by atoms with E-state index in [1.54, 1.807) is 0 Å². The lowest BCUT2D eigenvalue weighted by Gasteiger charge is -2.00. The predicted molar refractivity (Wildman–Crippen MR) is 30.1 cm³/mol. The number of carbonyl (C=O) groups is 1. The van der Waals surface area contributed by atoms with Crippen LogP contribution in [-0.2, 0) is 4.79 Å². The van der Waals surface area contributed by atoms with Gasteiger partial charge < -0.3 is 10.8 Å². The van der Waals surface area contributed by atoms with Gasteiger partial charge in [-0.1, -0.05) is 13.3 Å². The molecular formula is C5H11NO2. The van der Waals surface area contributed by atoms with E-state index in [4.69, 9.17) is 10.8 Å². The summed E-state index contributed by atoms with van der Waals surface area (Å²) in [5.74, 6) is -0.633. The van der Waals surface area contributed by atoms with Crippen LogP contribution in [0, 0.1) is 0 Å². The zero-order chi connectivity index (χ0) is 6.57. The normalized spacial score (nSPS) is 13.2. The lowest BCUT2D eigenvalue weighted by molar-refractivity contribution is -0.126. The van der Waals surface area contributed by atoms with Crippen LogP contribution in [0.5, 0.6) is 0 Å². The van der Waals surface area contributed by atoms with E-state index in [-0.39, 0.29) is 0 Å². The summed E-state index contributed by atoms with van der Waals surface area (Å²) in [6, 6.07) is 0.